The van der Waals surface area contributed by atoms with Gasteiger partial charge in [-0.25, -0.2) is 4.98 Å². The van der Waals surface area contributed by atoms with E-state index >= 15 is 0 Å². The van der Waals surface area contributed by atoms with Crippen molar-refractivity contribution in [3.8, 4) is 0 Å². The van der Waals surface area contributed by atoms with E-state index in [1.807, 2.05) is 12.1 Å². The Morgan fingerprint density at radius 1 is 1.50 bits per heavy atom. The molecule has 2 atom stereocenters. The molecule has 16 heavy (non-hydrogen) atoms. The van der Waals surface area contributed by atoms with E-state index in [4.69, 9.17) is 0 Å². The van der Waals surface area contributed by atoms with E-state index in [9.17, 15) is 10.2 Å². The van der Waals surface area contributed by atoms with Gasteiger partial charge in [0.05, 0.1) is 12.2 Å². The molecule has 88 valence electrons. The SMILES string of the molecule is CC(O)c1ccc(N2CCCC(O)C2)nc1. The molecule has 0 amide bonds. The summed E-state index contributed by atoms with van der Waals surface area (Å²) in [6.07, 6.45) is 2.85. The zero-order valence-electron chi connectivity index (χ0n) is 9.50. The van der Waals surface area contributed by atoms with Crippen LogP contribution in [0.1, 0.15) is 31.4 Å². The summed E-state index contributed by atoms with van der Waals surface area (Å²) in [5, 5.41) is 18.9. The van der Waals surface area contributed by atoms with Crippen molar-refractivity contribution in [1.82, 2.24) is 4.98 Å². The number of aromatic nitrogens is 1. The second-order valence-electron chi connectivity index (χ2n) is 4.37. The number of piperidine rings is 1. The van der Waals surface area contributed by atoms with E-state index in [-0.39, 0.29) is 6.10 Å². The Balaban J connectivity index is 2.09. The number of β-amino-alcohol motifs (C(OH)–C–C–N with tert-alkyl or cyclic N) is 1. The number of nitrogens with zero attached hydrogens (tertiary/aromatic N) is 2. The smallest absolute Gasteiger partial charge is 0.128 e. The summed E-state index contributed by atoms with van der Waals surface area (Å²) in [5.74, 6) is 0.878. The van der Waals surface area contributed by atoms with Crippen LogP contribution in [0.15, 0.2) is 18.3 Å². The molecule has 1 aromatic heterocycles. The van der Waals surface area contributed by atoms with Crippen LogP contribution in [0.4, 0.5) is 5.82 Å². The van der Waals surface area contributed by atoms with Crippen molar-refractivity contribution in [2.75, 3.05) is 18.0 Å². The molecule has 4 heteroatoms. The van der Waals surface area contributed by atoms with Crippen molar-refractivity contribution < 1.29 is 10.2 Å². The molecule has 2 rings (SSSR count). The van der Waals surface area contributed by atoms with Gasteiger partial charge in [0.25, 0.3) is 0 Å². The fraction of sp³-hybridized carbons (Fsp3) is 0.583. The Morgan fingerprint density at radius 2 is 2.31 bits per heavy atom. The molecule has 2 heterocycles. The van der Waals surface area contributed by atoms with Gasteiger partial charge >= 0.3 is 0 Å². The topological polar surface area (TPSA) is 56.6 Å². The number of hydrogen-bond acceptors (Lipinski definition) is 4. The fourth-order valence-corrected chi connectivity index (χ4v) is 1.99. The highest BCUT2D eigenvalue weighted by molar-refractivity contribution is 5.40. The average Bonchev–Trinajstić information content (AvgIpc) is 2.29. The minimum Gasteiger partial charge on any atom is -0.391 e. The van der Waals surface area contributed by atoms with Crippen LogP contribution in [0.3, 0.4) is 0 Å². The average molecular weight is 222 g/mol. The quantitative estimate of drug-likeness (QED) is 0.786. The van der Waals surface area contributed by atoms with Crippen LogP contribution < -0.4 is 4.90 Å². The van der Waals surface area contributed by atoms with Gasteiger partial charge in [-0.1, -0.05) is 6.07 Å². The first-order chi connectivity index (χ1) is 7.66. The molecule has 1 aliphatic heterocycles. The minimum absolute atomic E-state index is 0.244. The maximum Gasteiger partial charge on any atom is 0.128 e. The summed E-state index contributed by atoms with van der Waals surface area (Å²) < 4.78 is 0. The Morgan fingerprint density at radius 3 is 2.88 bits per heavy atom. The highest BCUT2D eigenvalue weighted by atomic mass is 16.3. The molecule has 0 radical (unpaired) electrons. The van der Waals surface area contributed by atoms with Crippen LogP contribution in [0.25, 0.3) is 0 Å². The van der Waals surface area contributed by atoms with E-state index in [1.165, 1.54) is 0 Å². The second kappa shape index (κ2) is 4.80. The molecular weight excluding hydrogens is 204 g/mol. The lowest BCUT2D eigenvalue weighted by Crippen LogP contribution is -2.38. The van der Waals surface area contributed by atoms with Gasteiger partial charge in [0.1, 0.15) is 5.82 Å². The Kier molecular flexibility index (Phi) is 3.41. The van der Waals surface area contributed by atoms with E-state index in [1.54, 1.807) is 13.1 Å². The van der Waals surface area contributed by atoms with Gasteiger partial charge in [-0.2, -0.15) is 0 Å². The van der Waals surface area contributed by atoms with Crippen LogP contribution in [-0.4, -0.2) is 34.4 Å². The summed E-state index contributed by atoms with van der Waals surface area (Å²) in [7, 11) is 0. The third-order valence-electron chi connectivity index (χ3n) is 2.97. The Bertz CT molecular complexity index is 337. The molecule has 2 unspecified atom stereocenters. The van der Waals surface area contributed by atoms with Crippen molar-refractivity contribution in [3.63, 3.8) is 0 Å². The van der Waals surface area contributed by atoms with Crippen molar-refractivity contribution in [3.05, 3.63) is 23.9 Å². The molecule has 0 aliphatic carbocycles. The van der Waals surface area contributed by atoms with Crippen molar-refractivity contribution in [2.45, 2.75) is 32.0 Å². The molecule has 1 aliphatic rings. The number of rotatable bonds is 2. The number of aliphatic hydroxyl groups excluding tert-OH is 2. The van der Waals surface area contributed by atoms with Gasteiger partial charge < -0.3 is 15.1 Å². The molecule has 1 fully saturated rings. The lowest BCUT2D eigenvalue weighted by atomic mass is 10.1. The summed E-state index contributed by atoms with van der Waals surface area (Å²) in [5.41, 5.74) is 0.821. The molecular formula is C12H18N2O2. The Labute approximate surface area is 95.5 Å². The van der Waals surface area contributed by atoms with E-state index in [0.717, 1.165) is 30.8 Å². The van der Waals surface area contributed by atoms with E-state index in [0.29, 0.717) is 6.54 Å². The molecule has 2 N–H and O–H groups in total. The van der Waals surface area contributed by atoms with E-state index in [2.05, 4.69) is 9.88 Å². The van der Waals surface area contributed by atoms with Crippen LogP contribution in [-0.2, 0) is 0 Å². The number of hydrogen-bond donors (Lipinski definition) is 2. The second-order valence-corrected chi connectivity index (χ2v) is 4.37. The first-order valence-electron chi connectivity index (χ1n) is 5.74. The zero-order chi connectivity index (χ0) is 11.5. The molecule has 0 spiro atoms. The standard InChI is InChI=1S/C12H18N2O2/c1-9(15)10-4-5-12(13-7-10)14-6-2-3-11(16)8-14/h4-5,7,9,11,15-16H,2-3,6,8H2,1H3. The summed E-state index contributed by atoms with van der Waals surface area (Å²) in [6, 6.07) is 3.79. The molecule has 0 bridgehead atoms. The van der Waals surface area contributed by atoms with Crippen LogP contribution in [0, 0.1) is 0 Å². The highest BCUT2D eigenvalue weighted by Gasteiger charge is 2.18. The van der Waals surface area contributed by atoms with Crippen LogP contribution in [0.5, 0.6) is 0 Å². The zero-order valence-corrected chi connectivity index (χ0v) is 9.50. The molecule has 4 nitrogen and oxygen atoms in total. The summed E-state index contributed by atoms with van der Waals surface area (Å²) in [4.78, 5) is 6.40. The van der Waals surface area contributed by atoms with Gasteiger partial charge in [-0.05, 0) is 31.4 Å². The Hall–Kier alpha value is -1.13. The van der Waals surface area contributed by atoms with Crippen molar-refractivity contribution >= 4 is 5.82 Å². The van der Waals surface area contributed by atoms with Gasteiger partial charge in [0.15, 0.2) is 0 Å². The first-order valence-corrected chi connectivity index (χ1v) is 5.74. The van der Waals surface area contributed by atoms with Crippen LogP contribution >= 0.6 is 0 Å². The molecule has 1 aromatic rings. The lowest BCUT2D eigenvalue weighted by Gasteiger charge is -2.31. The predicted octanol–water partition coefficient (Wildman–Crippen LogP) is 1.10. The largest absolute Gasteiger partial charge is 0.391 e. The molecule has 0 aromatic carbocycles. The summed E-state index contributed by atoms with van der Waals surface area (Å²) in [6.45, 7) is 3.32. The highest BCUT2D eigenvalue weighted by Crippen LogP contribution is 2.19. The summed E-state index contributed by atoms with van der Waals surface area (Å²) >= 11 is 0. The lowest BCUT2D eigenvalue weighted by molar-refractivity contribution is 0.154. The van der Waals surface area contributed by atoms with Crippen molar-refractivity contribution in [2.24, 2.45) is 0 Å². The monoisotopic (exact) mass is 222 g/mol. The third kappa shape index (κ3) is 2.51. The van der Waals surface area contributed by atoms with Gasteiger partial charge in [-0.3, -0.25) is 0 Å². The number of anilines is 1. The van der Waals surface area contributed by atoms with Crippen molar-refractivity contribution in [1.29, 1.82) is 0 Å². The maximum absolute atomic E-state index is 9.57. The molecule has 1 saturated heterocycles. The van der Waals surface area contributed by atoms with Gasteiger partial charge in [0.2, 0.25) is 0 Å². The minimum atomic E-state index is -0.478. The normalized spacial score (nSPS) is 23.2. The first kappa shape index (κ1) is 11.4. The predicted molar refractivity (Wildman–Crippen MR) is 62.3 cm³/mol. The fourth-order valence-electron chi connectivity index (χ4n) is 1.99. The maximum atomic E-state index is 9.57. The van der Waals surface area contributed by atoms with E-state index < -0.39 is 6.10 Å². The molecule has 0 saturated carbocycles. The van der Waals surface area contributed by atoms with Gasteiger partial charge in [0, 0.05) is 19.3 Å². The van der Waals surface area contributed by atoms with Gasteiger partial charge in [-0.15, -0.1) is 0 Å². The number of aliphatic hydroxyl groups is 2. The number of pyridine rings is 1. The van der Waals surface area contributed by atoms with Crippen LogP contribution in [0.2, 0.25) is 0 Å². The third-order valence-corrected chi connectivity index (χ3v) is 2.97.